The molecule has 0 aliphatic rings. The summed E-state index contributed by atoms with van der Waals surface area (Å²) >= 11 is 0. The van der Waals surface area contributed by atoms with Crippen molar-refractivity contribution in [1.82, 2.24) is 4.98 Å². The Morgan fingerprint density at radius 2 is 1.22 bits per heavy atom. The van der Waals surface area contributed by atoms with Gasteiger partial charge in [-0.15, -0.1) is 0 Å². The molecular formula is C25H17NO. The van der Waals surface area contributed by atoms with E-state index in [4.69, 9.17) is 4.42 Å². The molecule has 0 unspecified atom stereocenters. The Labute approximate surface area is 157 Å². The zero-order valence-corrected chi connectivity index (χ0v) is 14.7. The predicted molar refractivity (Wildman–Crippen MR) is 110 cm³/mol. The first-order chi connectivity index (χ1) is 13.4. The molecule has 0 atom stereocenters. The molecule has 2 aromatic heterocycles. The summed E-state index contributed by atoms with van der Waals surface area (Å²) < 4.78 is 5.98. The third-order valence-corrected chi connectivity index (χ3v) is 4.73. The summed E-state index contributed by atoms with van der Waals surface area (Å²) in [5.41, 5.74) is 6.31. The third-order valence-electron chi connectivity index (χ3n) is 4.73. The summed E-state index contributed by atoms with van der Waals surface area (Å²) in [7, 11) is 0. The maximum atomic E-state index is 5.98. The number of hydrogen-bond donors (Lipinski definition) is 0. The van der Waals surface area contributed by atoms with Crippen LogP contribution in [0.15, 0.2) is 108 Å². The van der Waals surface area contributed by atoms with Gasteiger partial charge in [0.25, 0.3) is 0 Å². The van der Waals surface area contributed by atoms with E-state index in [0.29, 0.717) is 0 Å². The van der Waals surface area contributed by atoms with Gasteiger partial charge in [-0.05, 0) is 29.3 Å². The lowest BCUT2D eigenvalue weighted by atomic mass is 10.0. The molecule has 0 aliphatic heterocycles. The number of pyridine rings is 1. The van der Waals surface area contributed by atoms with Crippen molar-refractivity contribution in [2.24, 2.45) is 0 Å². The zero-order valence-electron chi connectivity index (χ0n) is 14.7. The molecule has 0 saturated carbocycles. The van der Waals surface area contributed by atoms with Gasteiger partial charge in [-0.2, -0.15) is 0 Å². The Balaban J connectivity index is 1.56. The van der Waals surface area contributed by atoms with Crippen LogP contribution in [0, 0.1) is 0 Å². The van der Waals surface area contributed by atoms with E-state index in [-0.39, 0.29) is 0 Å². The van der Waals surface area contributed by atoms with Crippen LogP contribution in [0.2, 0.25) is 0 Å². The van der Waals surface area contributed by atoms with Gasteiger partial charge in [0, 0.05) is 16.5 Å². The van der Waals surface area contributed by atoms with Crippen LogP contribution in [0.25, 0.3) is 44.7 Å². The van der Waals surface area contributed by atoms with Crippen molar-refractivity contribution in [3.8, 4) is 33.7 Å². The third kappa shape index (κ3) is 3.02. The second-order valence-corrected chi connectivity index (χ2v) is 6.53. The van der Waals surface area contributed by atoms with E-state index in [1.807, 2.05) is 30.5 Å². The zero-order chi connectivity index (χ0) is 18.1. The lowest BCUT2D eigenvalue weighted by Crippen LogP contribution is -1.84. The minimum atomic E-state index is 0.803. The highest BCUT2D eigenvalue weighted by atomic mass is 16.3. The molecule has 3 aromatic carbocycles. The van der Waals surface area contributed by atoms with E-state index in [1.165, 1.54) is 11.1 Å². The molecule has 2 heterocycles. The molecule has 0 bridgehead atoms. The predicted octanol–water partition coefficient (Wildman–Crippen LogP) is 6.83. The van der Waals surface area contributed by atoms with Gasteiger partial charge >= 0.3 is 0 Å². The molecule has 0 N–H and O–H groups in total. The first kappa shape index (κ1) is 15.6. The van der Waals surface area contributed by atoms with Crippen LogP contribution in [0.3, 0.4) is 0 Å². The van der Waals surface area contributed by atoms with Gasteiger partial charge in [0.05, 0.1) is 11.9 Å². The van der Waals surface area contributed by atoms with Crippen molar-refractivity contribution in [2.75, 3.05) is 0 Å². The van der Waals surface area contributed by atoms with Crippen molar-refractivity contribution in [3.63, 3.8) is 0 Å². The fraction of sp³-hybridized carbons (Fsp3) is 0. The van der Waals surface area contributed by atoms with Crippen LogP contribution in [-0.2, 0) is 0 Å². The first-order valence-electron chi connectivity index (χ1n) is 8.98. The minimum absolute atomic E-state index is 0.803. The first-order valence-corrected chi connectivity index (χ1v) is 8.98. The minimum Gasteiger partial charge on any atom is -0.454 e. The van der Waals surface area contributed by atoms with Crippen molar-refractivity contribution in [2.45, 2.75) is 0 Å². The van der Waals surface area contributed by atoms with Crippen molar-refractivity contribution < 1.29 is 4.42 Å². The molecule has 0 saturated heterocycles. The van der Waals surface area contributed by atoms with Gasteiger partial charge < -0.3 is 4.42 Å². The molecule has 0 spiro atoms. The topological polar surface area (TPSA) is 26.0 Å². The van der Waals surface area contributed by atoms with E-state index < -0.39 is 0 Å². The van der Waals surface area contributed by atoms with Gasteiger partial charge in [0.15, 0.2) is 5.58 Å². The van der Waals surface area contributed by atoms with Crippen LogP contribution in [0.5, 0.6) is 0 Å². The molecule has 5 rings (SSSR count). The SMILES string of the molecule is c1ccc(-c2cccc(-c3cc4cc(-c5ccccc5)oc4cn3)c2)cc1. The number of nitrogens with zero attached hydrogens (tertiary/aromatic N) is 1. The van der Waals surface area contributed by atoms with Crippen LogP contribution < -0.4 is 0 Å². The molecule has 128 valence electrons. The van der Waals surface area contributed by atoms with E-state index >= 15 is 0 Å². The molecule has 0 aliphatic carbocycles. The summed E-state index contributed by atoms with van der Waals surface area (Å²) in [5.74, 6) is 0.864. The fourth-order valence-corrected chi connectivity index (χ4v) is 3.34. The highest BCUT2D eigenvalue weighted by Crippen LogP contribution is 2.31. The summed E-state index contributed by atoms with van der Waals surface area (Å²) in [4.78, 5) is 4.63. The monoisotopic (exact) mass is 347 g/mol. The van der Waals surface area contributed by atoms with Crippen LogP contribution in [0.1, 0.15) is 0 Å². The second kappa shape index (κ2) is 6.58. The van der Waals surface area contributed by atoms with Gasteiger partial charge in [-0.3, -0.25) is 4.98 Å². The molecule has 27 heavy (non-hydrogen) atoms. The molecule has 0 fully saturated rings. The number of rotatable bonds is 3. The van der Waals surface area contributed by atoms with E-state index in [0.717, 1.165) is 33.6 Å². The van der Waals surface area contributed by atoms with Gasteiger partial charge in [-0.1, -0.05) is 78.9 Å². The molecular weight excluding hydrogens is 330 g/mol. The van der Waals surface area contributed by atoms with Gasteiger partial charge in [0.1, 0.15) is 5.76 Å². The van der Waals surface area contributed by atoms with Crippen LogP contribution in [0.4, 0.5) is 0 Å². The number of furan rings is 1. The highest BCUT2D eigenvalue weighted by molar-refractivity contribution is 5.86. The summed E-state index contributed by atoms with van der Waals surface area (Å²) in [5, 5.41) is 1.06. The fourth-order valence-electron chi connectivity index (χ4n) is 3.34. The maximum Gasteiger partial charge on any atom is 0.153 e. The molecule has 2 nitrogen and oxygen atoms in total. The average molecular weight is 347 g/mol. The second-order valence-electron chi connectivity index (χ2n) is 6.53. The van der Waals surface area contributed by atoms with Gasteiger partial charge in [0.2, 0.25) is 0 Å². The van der Waals surface area contributed by atoms with Crippen LogP contribution >= 0.6 is 0 Å². The van der Waals surface area contributed by atoms with Crippen molar-refractivity contribution >= 4 is 11.0 Å². The lowest BCUT2D eigenvalue weighted by Gasteiger charge is -2.05. The Hall–Kier alpha value is -3.65. The Morgan fingerprint density at radius 1 is 0.556 bits per heavy atom. The molecule has 5 aromatic rings. The normalized spacial score (nSPS) is 11.0. The standard InChI is InChI=1S/C25H17NO/c1-3-8-18(9-4-1)20-12-7-13-21(14-20)23-15-22-16-24(27-25(22)17-26-23)19-10-5-2-6-11-19/h1-17H. The maximum absolute atomic E-state index is 5.98. The quantitative estimate of drug-likeness (QED) is 0.357. The Bertz CT molecular complexity index is 1210. The summed E-state index contributed by atoms with van der Waals surface area (Å²) in [6.45, 7) is 0. The number of fused-ring (bicyclic) bond motifs is 1. The average Bonchev–Trinajstić information content (AvgIpc) is 3.19. The Morgan fingerprint density at radius 3 is 2.00 bits per heavy atom. The largest absolute Gasteiger partial charge is 0.454 e. The van der Waals surface area contributed by atoms with Crippen LogP contribution in [-0.4, -0.2) is 4.98 Å². The van der Waals surface area contributed by atoms with Gasteiger partial charge in [-0.25, -0.2) is 0 Å². The summed E-state index contributed by atoms with van der Waals surface area (Å²) in [6, 6.07) is 33.2. The number of aromatic nitrogens is 1. The summed E-state index contributed by atoms with van der Waals surface area (Å²) in [6.07, 6.45) is 1.81. The van der Waals surface area contributed by atoms with E-state index in [2.05, 4.69) is 77.8 Å². The van der Waals surface area contributed by atoms with Crippen molar-refractivity contribution in [1.29, 1.82) is 0 Å². The number of benzene rings is 3. The Kier molecular flexibility index (Phi) is 3.80. The molecule has 0 amide bonds. The van der Waals surface area contributed by atoms with Crippen molar-refractivity contribution in [3.05, 3.63) is 103 Å². The molecule has 0 radical (unpaired) electrons. The molecule has 2 heteroatoms. The van der Waals surface area contributed by atoms with E-state index in [9.17, 15) is 0 Å². The van der Waals surface area contributed by atoms with E-state index in [1.54, 1.807) is 0 Å². The lowest BCUT2D eigenvalue weighted by molar-refractivity contribution is 0.630. The number of hydrogen-bond acceptors (Lipinski definition) is 2. The highest BCUT2D eigenvalue weighted by Gasteiger charge is 2.09. The smallest absolute Gasteiger partial charge is 0.153 e.